The molecule has 1 aromatic carbocycles. The van der Waals surface area contributed by atoms with Crippen LogP contribution >= 0.6 is 24.8 Å². The molecule has 0 saturated carbocycles. The van der Waals surface area contributed by atoms with Crippen LogP contribution in [0, 0.1) is 17.1 Å². The number of nitrogens with one attached hydrogen (secondary N) is 1. The van der Waals surface area contributed by atoms with Crippen molar-refractivity contribution in [1.29, 1.82) is 5.26 Å². The summed E-state index contributed by atoms with van der Waals surface area (Å²) in [7, 11) is 0. The average molecular weight is 374 g/mol. The van der Waals surface area contributed by atoms with Crippen LogP contribution in [0.5, 0.6) is 0 Å². The Hall–Kier alpha value is -1.07. The van der Waals surface area contributed by atoms with Gasteiger partial charge in [-0.25, -0.2) is 4.39 Å². The molecule has 130 valence electrons. The fourth-order valence-corrected chi connectivity index (χ4v) is 2.51. The summed E-state index contributed by atoms with van der Waals surface area (Å²) in [6, 6.07) is 4.52. The van der Waals surface area contributed by atoms with E-state index >= 15 is 0 Å². The van der Waals surface area contributed by atoms with E-state index in [0.717, 1.165) is 25.2 Å². The van der Waals surface area contributed by atoms with E-state index in [2.05, 4.69) is 5.32 Å². The minimum absolute atomic E-state index is 0. The summed E-state index contributed by atoms with van der Waals surface area (Å²) in [5, 5.41) is 12.1. The minimum Gasteiger partial charge on any atom is -0.314 e. The Balaban J connectivity index is 0.00000242. The first kappa shape index (κ1) is 21.9. The molecule has 0 aromatic heterocycles. The van der Waals surface area contributed by atoms with Crippen LogP contribution in [0.3, 0.4) is 0 Å². The molecule has 3 nitrogen and oxygen atoms in total. The number of rotatable bonds is 3. The molecule has 1 aliphatic heterocycles. The van der Waals surface area contributed by atoms with Crippen LogP contribution in [0.1, 0.15) is 23.6 Å². The van der Waals surface area contributed by atoms with Crippen LogP contribution in [0.25, 0.3) is 0 Å². The highest BCUT2D eigenvalue weighted by Crippen LogP contribution is 2.34. The van der Waals surface area contributed by atoms with Crippen molar-refractivity contribution in [2.75, 3.05) is 26.2 Å². The molecule has 1 atom stereocenters. The Bertz CT molecular complexity index is 540. The summed E-state index contributed by atoms with van der Waals surface area (Å²) in [5.74, 6) is -1.29. The molecule has 0 amide bonds. The lowest BCUT2D eigenvalue weighted by Crippen LogP contribution is -2.45. The number of nitrogens with zero attached hydrogens (tertiary/aromatic N) is 2. The van der Waals surface area contributed by atoms with Crippen LogP contribution in [-0.2, 0) is 6.18 Å². The van der Waals surface area contributed by atoms with Gasteiger partial charge in [0.25, 0.3) is 0 Å². The van der Waals surface area contributed by atoms with Crippen LogP contribution in [-0.4, -0.2) is 31.1 Å². The van der Waals surface area contributed by atoms with Gasteiger partial charge in [0.05, 0.1) is 18.1 Å². The Kier molecular flexibility index (Phi) is 8.85. The number of alkyl halides is 3. The zero-order chi connectivity index (χ0) is 15.5. The number of hydrogen-bond acceptors (Lipinski definition) is 3. The van der Waals surface area contributed by atoms with E-state index < -0.39 is 23.6 Å². The lowest BCUT2D eigenvalue weighted by molar-refractivity contribution is -0.140. The van der Waals surface area contributed by atoms with Crippen LogP contribution in [0.4, 0.5) is 17.6 Å². The van der Waals surface area contributed by atoms with Gasteiger partial charge in [-0.1, -0.05) is 6.07 Å². The lowest BCUT2D eigenvalue weighted by atomic mass is 9.99. The highest BCUT2D eigenvalue weighted by atomic mass is 35.5. The van der Waals surface area contributed by atoms with Gasteiger partial charge >= 0.3 is 6.18 Å². The zero-order valence-electron chi connectivity index (χ0n) is 12.1. The van der Waals surface area contributed by atoms with E-state index in [-0.39, 0.29) is 31.2 Å². The monoisotopic (exact) mass is 373 g/mol. The summed E-state index contributed by atoms with van der Waals surface area (Å²) in [4.78, 5) is 1.95. The molecule has 1 N–H and O–H groups in total. The van der Waals surface area contributed by atoms with Crippen molar-refractivity contribution in [2.24, 2.45) is 0 Å². The van der Waals surface area contributed by atoms with Crippen molar-refractivity contribution in [3.8, 4) is 6.07 Å². The van der Waals surface area contributed by atoms with Gasteiger partial charge < -0.3 is 5.32 Å². The fourth-order valence-electron chi connectivity index (χ4n) is 2.51. The van der Waals surface area contributed by atoms with E-state index in [0.29, 0.717) is 18.7 Å². The smallest absolute Gasteiger partial charge is 0.314 e. The van der Waals surface area contributed by atoms with Gasteiger partial charge in [-0.15, -0.1) is 24.8 Å². The van der Waals surface area contributed by atoms with Crippen LogP contribution < -0.4 is 5.32 Å². The minimum atomic E-state index is -4.74. The Labute approximate surface area is 144 Å². The fraction of sp³-hybridized carbons (Fsp3) is 0.500. The first-order valence-electron chi connectivity index (χ1n) is 6.62. The molecule has 0 radical (unpaired) electrons. The van der Waals surface area contributed by atoms with E-state index in [4.69, 9.17) is 5.26 Å². The maximum atomic E-state index is 13.3. The number of benzene rings is 1. The zero-order valence-corrected chi connectivity index (χ0v) is 13.7. The maximum Gasteiger partial charge on any atom is 0.419 e. The summed E-state index contributed by atoms with van der Waals surface area (Å²) in [6.07, 6.45) is -4.66. The Morgan fingerprint density at radius 2 is 1.83 bits per heavy atom. The first-order valence-corrected chi connectivity index (χ1v) is 6.62. The van der Waals surface area contributed by atoms with E-state index in [1.807, 2.05) is 11.0 Å². The predicted octanol–water partition coefficient (Wildman–Crippen LogP) is 3.55. The molecular weight excluding hydrogens is 357 g/mol. The molecule has 1 fully saturated rings. The second-order valence-electron chi connectivity index (χ2n) is 4.90. The molecule has 1 aliphatic rings. The third kappa shape index (κ3) is 5.50. The standard InChI is InChI=1S/C14H15F4N3.2ClH/c15-12-2-1-10(9-11(12)14(16,17)18)13(3-4-19)21-7-5-20-6-8-21;;/h1-2,9,13,20H,3,5-8H2;2*1H/t13-;;/m1../s1. The molecule has 1 heterocycles. The van der Waals surface area contributed by atoms with Crippen LogP contribution in [0.15, 0.2) is 18.2 Å². The summed E-state index contributed by atoms with van der Waals surface area (Å²) in [6.45, 7) is 2.72. The van der Waals surface area contributed by atoms with Gasteiger partial charge in [0.15, 0.2) is 0 Å². The summed E-state index contributed by atoms with van der Waals surface area (Å²) < 4.78 is 51.7. The van der Waals surface area contributed by atoms with Crippen LogP contribution in [0.2, 0.25) is 0 Å². The van der Waals surface area contributed by atoms with Gasteiger partial charge in [0.1, 0.15) is 5.82 Å². The van der Waals surface area contributed by atoms with E-state index in [1.54, 1.807) is 0 Å². The number of halogens is 6. The van der Waals surface area contributed by atoms with E-state index in [9.17, 15) is 17.6 Å². The predicted molar refractivity (Wildman–Crippen MR) is 83.3 cm³/mol. The number of piperazine rings is 1. The van der Waals surface area contributed by atoms with Crippen molar-refractivity contribution >= 4 is 24.8 Å². The molecule has 0 spiro atoms. The molecule has 0 bridgehead atoms. The highest BCUT2D eigenvalue weighted by Gasteiger charge is 2.35. The number of nitriles is 1. The van der Waals surface area contributed by atoms with Crippen molar-refractivity contribution in [3.63, 3.8) is 0 Å². The topological polar surface area (TPSA) is 39.1 Å². The molecular formula is C14H17Cl2F4N3. The van der Waals surface area contributed by atoms with Gasteiger partial charge in [-0.3, -0.25) is 4.90 Å². The second kappa shape index (κ2) is 9.28. The Morgan fingerprint density at radius 3 is 2.35 bits per heavy atom. The number of hydrogen-bond donors (Lipinski definition) is 1. The molecule has 0 aliphatic carbocycles. The molecule has 9 heteroatoms. The van der Waals surface area contributed by atoms with Gasteiger partial charge in [-0.05, 0) is 17.7 Å². The van der Waals surface area contributed by atoms with E-state index in [1.165, 1.54) is 6.07 Å². The maximum absolute atomic E-state index is 13.3. The van der Waals surface area contributed by atoms with Gasteiger partial charge in [0.2, 0.25) is 0 Å². The SMILES string of the molecule is Cl.Cl.N#CC[C@H](c1ccc(F)c(C(F)(F)F)c1)N1CCNCC1. The van der Waals surface area contributed by atoms with Gasteiger partial charge in [0, 0.05) is 32.2 Å². The highest BCUT2D eigenvalue weighted by molar-refractivity contribution is 5.85. The third-order valence-corrected chi connectivity index (χ3v) is 3.56. The normalized spacial score (nSPS) is 16.7. The molecule has 0 unspecified atom stereocenters. The molecule has 2 rings (SSSR count). The Morgan fingerprint density at radius 1 is 1.22 bits per heavy atom. The lowest BCUT2D eigenvalue weighted by Gasteiger charge is -2.34. The van der Waals surface area contributed by atoms with Crippen molar-refractivity contribution in [2.45, 2.75) is 18.6 Å². The molecule has 1 aromatic rings. The van der Waals surface area contributed by atoms with Crippen molar-refractivity contribution in [3.05, 3.63) is 35.1 Å². The van der Waals surface area contributed by atoms with Gasteiger partial charge in [-0.2, -0.15) is 18.4 Å². The third-order valence-electron chi connectivity index (χ3n) is 3.56. The molecule has 1 saturated heterocycles. The van der Waals surface area contributed by atoms with Crippen molar-refractivity contribution in [1.82, 2.24) is 10.2 Å². The quantitative estimate of drug-likeness (QED) is 0.823. The second-order valence-corrected chi connectivity index (χ2v) is 4.90. The van der Waals surface area contributed by atoms with Crippen molar-refractivity contribution < 1.29 is 17.6 Å². The first-order chi connectivity index (χ1) is 9.93. The summed E-state index contributed by atoms with van der Waals surface area (Å²) >= 11 is 0. The summed E-state index contributed by atoms with van der Waals surface area (Å²) in [5.41, 5.74) is -0.953. The average Bonchev–Trinajstić information content (AvgIpc) is 2.45. The largest absolute Gasteiger partial charge is 0.419 e. The molecule has 23 heavy (non-hydrogen) atoms.